The van der Waals surface area contributed by atoms with Gasteiger partial charge in [0, 0.05) is 17.0 Å². The maximum atomic E-state index is 12.0. The molecule has 1 amide bonds. The highest BCUT2D eigenvalue weighted by Gasteiger charge is 2.09. The lowest BCUT2D eigenvalue weighted by Gasteiger charge is -2.04. The Hall–Kier alpha value is -2.54. The second kappa shape index (κ2) is 8.02. The van der Waals surface area contributed by atoms with Crippen LogP contribution in [0.1, 0.15) is 30.2 Å². The van der Waals surface area contributed by atoms with Gasteiger partial charge in [-0.05, 0) is 34.6 Å². The van der Waals surface area contributed by atoms with Gasteiger partial charge in [0.15, 0.2) is 0 Å². The van der Waals surface area contributed by atoms with Crippen molar-refractivity contribution in [3.05, 3.63) is 52.2 Å². The van der Waals surface area contributed by atoms with Crippen molar-refractivity contribution in [2.24, 2.45) is 0 Å². The van der Waals surface area contributed by atoms with Crippen molar-refractivity contribution in [2.45, 2.75) is 32.7 Å². The minimum absolute atomic E-state index is 0.0710. The van der Waals surface area contributed by atoms with Crippen molar-refractivity contribution >= 4 is 17.2 Å². The Bertz CT molecular complexity index is 808. The fraction of sp³-hybridized carbons (Fsp3) is 0.333. The minimum atomic E-state index is -0.115. The second-order valence-corrected chi connectivity index (χ2v) is 7.13. The van der Waals surface area contributed by atoms with E-state index < -0.39 is 0 Å². The molecular weight excluding hydrogens is 334 g/mol. The zero-order valence-corrected chi connectivity index (χ0v) is 15.2. The zero-order valence-electron chi connectivity index (χ0n) is 14.3. The molecule has 6 nitrogen and oxygen atoms in total. The lowest BCUT2D eigenvalue weighted by molar-refractivity contribution is -0.122. The molecule has 1 aromatic carbocycles. The Balaban J connectivity index is 1.53. The van der Waals surface area contributed by atoms with Gasteiger partial charge in [-0.15, -0.1) is 21.5 Å². The molecule has 0 unspecified atom stereocenters. The molecule has 0 saturated carbocycles. The molecule has 0 aliphatic rings. The van der Waals surface area contributed by atoms with Crippen molar-refractivity contribution < 1.29 is 4.79 Å². The normalized spacial score (nSPS) is 11.0. The summed E-state index contributed by atoms with van der Waals surface area (Å²) in [7, 11) is 0. The molecule has 0 atom stereocenters. The molecule has 2 aromatic heterocycles. The number of thiophene rings is 1. The number of nitrogens with one attached hydrogen (secondary N) is 1. The molecule has 7 heteroatoms. The van der Waals surface area contributed by atoms with E-state index in [9.17, 15) is 4.79 Å². The third-order valence-corrected chi connectivity index (χ3v) is 4.78. The molecule has 25 heavy (non-hydrogen) atoms. The van der Waals surface area contributed by atoms with E-state index in [0.717, 1.165) is 12.0 Å². The van der Waals surface area contributed by atoms with Crippen LogP contribution < -0.4 is 5.32 Å². The zero-order chi connectivity index (χ0) is 17.6. The first-order valence-corrected chi connectivity index (χ1v) is 9.17. The molecule has 0 aliphatic heterocycles. The lowest BCUT2D eigenvalue weighted by atomic mass is 10.0. The SMILES string of the molecule is CC(C)c1ccc(-c2nnn(CC(=O)NCCc3cccs3)n2)cc1. The van der Waals surface area contributed by atoms with Gasteiger partial charge in [-0.25, -0.2) is 0 Å². The van der Waals surface area contributed by atoms with E-state index in [4.69, 9.17) is 0 Å². The van der Waals surface area contributed by atoms with Crippen LogP contribution in [0.25, 0.3) is 11.4 Å². The predicted octanol–water partition coefficient (Wildman–Crippen LogP) is 2.88. The monoisotopic (exact) mass is 355 g/mol. The van der Waals surface area contributed by atoms with Gasteiger partial charge < -0.3 is 5.32 Å². The first-order chi connectivity index (χ1) is 12.1. The van der Waals surface area contributed by atoms with Crippen LogP contribution in [0, 0.1) is 0 Å². The number of tetrazole rings is 1. The van der Waals surface area contributed by atoms with Gasteiger partial charge in [-0.3, -0.25) is 4.79 Å². The Labute approximate surface area is 150 Å². The van der Waals surface area contributed by atoms with E-state index in [1.807, 2.05) is 23.6 Å². The Kier molecular flexibility index (Phi) is 5.55. The number of amides is 1. The van der Waals surface area contributed by atoms with Gasteiger partial charge in [0.25, 0.3) is 0 Å². The van der Waals surface area contributed by atoms with E-state index in [2.05, 4.69) is 52.8 Å². The second-order valence-electron chi connectivity index (χ2n) is 6.10. The van der Waals surface area contributed by atoms with Crippen LogP contribution in [-0.4, -0.2) is 32.7 Å². The van der Waals surface area contributed by atoms with Crippen molar-refractivity contribution in [1.29, 1.82) is 0 Å². The molecule has 1 N–H and O–H groups in total. The van der Waals surface area contributed by atoms with Crippen molar-refractivity contribution in [3.8, 4) is 11.4 Å². The smallest absolute Gasteiger partial charge is 0.243 e. The van der Waals surface area contributed by atoms with Gasteiger partial charge in [0.05, 0.1) is 0 Å². The Morgan fingerprint density at radius 3 is 2.72 bits per heavy atom. The molecule has 0 spiro atoms. The number of carbonyl (C=O) groups is 1. The van der Waals surface area contributed by atoms with Crippen LogP contribution in [0.15, 0.2) is 41.8 Å². The molecule has 2 heterocycles. The summed E-state index contributed by atoms with van der Waals surface area (Å²) in [5.74, 6) is 0.896. The third kappa shape index (κ3) is 4.73. The maximum Gasteiger partial charge on any atom is 0.243 e. The molecular formula is C18H21N5OS. The topological polar surface area (TPSA) is 72.7 Å². The summed E-state index contributed by atoms with van der Waals surface area (Å²) < 4.78 is 0. The number of nitrogens with zero attached hydrogens (tertiary/aromatic N) is 4. The van der Waals surface area contributed by atoms with E-state index in [1.165, 1.54) is 15.2 Å². The van der Waals surface area contributed by atoms with Crippen LogP contribution in [0.2, 0.25) is 0 Å². The minimum Gasteiger partial charge on any atom is -0.354 e. The van der Waals surface area contributed by atoms with E-state index >= 15 is 0 Å². The first-order valence-electron chi connectivity index (χ1n) is 8.29. The molecule has 0 saturated heterocycles. The summed E-state index contributed by atoms with van der Waals surface area (Å²) in [4.78, 5) is 14.6. The Morgan fingerprint density at radius 2 is 2.04 bits per heavy atom. The molecule has 0 fully saturated rings. The molecule has 130 valence electrons. The maximum absolute atomic E-state index is 12.0. The standard InChI is InChI=1S/C18H21N5OS/c1-13(2)14-5-7-15(8-6-14)18-20-22-23(21-18)12-17(24)19-10-9-16-4-3-11-25-16/h3-8,11,13H,9-10,12H2,1-2H3,(H,19,24). The van der Waals surface area contributed by atoms with Crippen molar-refractivity contribution in [3.63, 3.8) is 0 Å². The number of carbonyl (C=O) groups excluding carboxylic acids is 1. The van der Waals surface area contributed by atoms with Gasteiger partial charge >= 0.3 is 0 Å². The number of hydrogen-bond donors (Lipinski definition) is 1. The van der Waals surface area contributed by atoms with Gasteiger partial charge in [-0.2, -0.15) is 4.80 Å². The number of aromatic nitrogens is 4. The van der Waals surface area contributed by atoms with Crippen molar-refractivity contribution in [2.75, 3.05) is 6.54 Å². The van der Waals surface area contributed by atoms with E-state index in [1.54, 1.807) is 11.3 Å². The average Bonchev–Trinajstić information content (AvgIpc) is 3.27. The summed E-state index contributed by atoms with van der Waals surface area (Å²) in [5, 5.41) is 17.2. The van der Waals surface area contributed by atoms with Crippen LogP contribution in [0.3, 0.4) is 0 Å². The van der Waals surface area contributed by atoms with Crippen LogP contribution in [0.5, 0.6) is 0 Å². The highest BCUT2D eigenvalue weighted by Crippen LogP contribution is 2.19. The van der Waals surface area contributed by atoms with Crippen LogP contribution >= 0.6 is 11.3 Å². The van der Waals surface area contributed by atoms with E-state index in [-0.39, 0.29) is 12.5 Å². The van der Waals surface area contributed by atoms with Crippen LogP contribution in [-0.2, 0) is 17.8 Å². The summed E-state index contributed by atoms with van der Waals surface area (Å²) in [5.41, 5.74) is 2.16. The first kappa shape index (κ1) is 17.3. The molecule has 3 aromatic rings. The third-order valence-electron chi connectivity index (χ3n) is 3.85. The summed E-state index contributed by atoms with van der Waals surface area (Å²) >= 11 is 1.69. The number of hydrogen-bond acceptors (Lipinski definition) is 5. The summed E-state index contributed by atoms with van der Waals surface area (Å²) in [6.07, 6.45) is 0.835. The quantitative estimate of drug-likeness (QED) is 0.707. The molecule has 0 aliphatic carbocycles. The van der Waals surface area contributed by atoms with Gasteiger partial charge in [0.1, 0.15) is 6.54 Å². The summed E-state index contributed by atoms with van der Waals surface area (Å²) in [6, 6.07) is 12.2. The fourth-order valence-corrected chi connectivity index (χ4v) is 3.12. The van der Waals surface area contributed by atoms with Gasteiger partial charge in [-0.1, -0.05) is 44.2 Å². The molecule has 0 radical (unpaired) electrons. The highest BCUT2D eigenvalue weighted by atomic mass is 32.1. The average molecular weight is 355 g/mol. The fourth-order valence-electron chi connectivity index (χ4n) is 2.41. The highest BCUT2D eigenvalue weighted by molar-refractivity contribution is 7.09. The Morgan fingerprint density at radius 1 is 1.24 bits per heavy atom. The molecule has 3 rings (SSSR count). The predicted molar refractivity (Wildman–Crippen MR) is 98.4 cm³/mol. The van der Waals surface area contributed by atoms with Crippen molar-refractivity contribution in [1.82, 2.24) is 25.5 Å². The van der Waals surface area contributed by atoms with E-state index in [0.29, 0.717) is 18.3 Å². The van der Waals surface area contributed by atoms with Gasteiger partial charge in [0.2, 0.25) is 11.7 Å². The lowest BCUT2D eigenvalue weighted by Crippen LogP contribution is -2.30. The molecule has 0 bridgehead atoms. The largest absolute Gasteiger partial charge is 0.354 e. The van der Waals surface area contributed by atoms with Crippen LogP contribution in [0.4, 0.5) is 0 Å². The number of benzene rings is 1. The summed E-state index contributed by atoms with van der Waals surface area (Å²) in [6.45, 7) is 4.99. The number of rotatable bonds is 7.